The monoisotopic (exact) mass is 383 g/mol. The Morgan fingerprint density at radius 1 is 1.25 bits per heavy atom. The standard InChI is InChI=1S/C19H18FN5O3/c20-14-3-1-13(2-4-14)10-23-17(26)15-9-19(28-24-15)5-8-25(12-19)18(27)16-11-21-6-7-22-16/h1-4,6-7,11H,5,8-10,12H2,(H,23,26)/t19-/m0/s1. The Morgan fingerprint density at radius 3 is 2.82 bits per heavy atom. The first-order chi connectivity index (χ1) is 13.5. The van der Waals surface area contributed by atoms with Crippen LogP contribution in [0.3, 0.4) is 0 Å². The van der Waals surface area contributed by atoms with E-state index >= 15 is 0 Å². The Hall–Kier alpha value is -3.36. The number of halogens is 1. The zero-order chi connectivity index (χ0) is 19.6. The van der Waals surface area contributed by atoms with Crippen LogP contribution >= 0.6 is 0 Å². The number of hydrogen-bond acceptors (Lipinski definition) is 6. The summed E-state index contributed by atoms with van der Waals surface area (Å²) < 4.78 is 12.9. The van der Waals surface area contributed by atoms with E-state index in [-0.39, 0.29) is 35.6 Å². The summed E-state index contributed by atoms with van der Waals surface area (Å²) in [5, 5.41) is 6.70. The van der Waals surface area contributed by atoms with Gasteiger partial charge in [0.1, 0.15) is 17.2 Å². The maximum Gasteiger partial charge on any atom is 0.274 e. The van der Waals surface area contributed by atoms with Gasteiger partial charge < -0.3 is 15.1 Å². The summed E-state index contributed by atoms with van der Waals surface area (Å²) in [4.78, 5) is 40.0. The first-order valence-corrected chi connectivity index (χ1v) is 8.88. The van der Waals surface area contributed by atoms with Crippen LogP contribution in [0.25, 0.3) is 0 Å². The van der Waals surface area contributed by atoms with Crippen molar-refractivity contribution in [3.63, 3.8) is 0 Å². The van der Waals surface area contributed by atoms with Gasteiger partial charge in [-0.2, -0.15) is 0 Å². The highest BCUT2D eigenvalue weighted by molar-refractivity contribution is 6.39. The Labute approximate surface area is 160 Å². The molecule has 144 valence electrons. The molecule has 0 unspecified atom stereocenters. The van der Waals surface area contributed by atoms with Crippen molar-refractivity contribution in [1.29, 1.82) is 0 Å². The van der Waals surface area contributed by atoms with Gasteiger partial charge >= 0.3 is 0 Å². The molecular weight excluding hydrogens is 365 g/mol. The predicted octanol–water partition coefficient (Wildman–Crippen LogP) is 1.29. The summed E-state index contributed by atoms with van der Waals surface area (Å²) in [5.41, 5.74) is 0.665. The molecule has 3 heterocycles. The minimum Gasteiger partial charge on any atom is -0.386 e. The average Bonchev–Trinajstić information content (AvgIpc) is 3.34. The van der Waals surface area contributed by atoms with E-state index in [9.17, 15) is 14.0 Å². The van der Waals surface area contributed by atoms with Crippen LogP contribution in [0.5, 0.6) is 0 Å². The van der Waals surface area contributed by atoms with Crippen LogP contribution < -0.4 is 5.32 Å². The van der Waals surface area contributed by atoms with Crippen molar-refractivity contribution in [2.24, 2.45) is 5.16 Å². The lowest BCUT2D eigenvalue weighted by Gasteiger charge is -2.21. The molecule has 1 N–H and O–H groups in total. The number of rotatable bonds is 4. The lowest BCUT2D eigenvalue weighted by molar-refractivity contribution is -0.115. The van der Waals surface area contributed by atoms with E-state index in [1.165, 1.54) is 30.7 Å². The van der Waals surface area contributed by atoms with Gasteiger partial charge in [0.25, 0.3) is 11.8 Å². The maximum atomic E-state index is 12.9. The van der Waals surface area contributed by atoms with E-state index in [4.69, 9.17) is 4.84 Å². The van der Waals surface area contributed by atoms with E-state index < -0.39 is 5.60 Å². The second-order valence-electron chi connectivity index (χ2n) is 6.87. The summed E-state index contributed by atoms with van der Waals surface area (Å²) in [6, 6.07) is 5.90. The van der Waals surface area contributed by atoms with Crippen LogP contribution in [-0.4, -0.2) is 51.1 Å². The number of carbonyl (C=O) groups excluding carboxylic acids is 2. The third kappa shape index (κ3) is 3.68. The van der Waals surface area contributed by atoms with Crippen LogP contribution in [-0.2, 0) is 16.2 Å². The van der Waals surface area contributed by atoms with Crippen LogP contribution in [0.1, 0.15) is 28.9 Å². The summed E-state index contributed by atoms with van der Waals surface area (Å²) >= 11 is 0. The van der Waals surface area contributed by atoms with Crippen molar-refractivity contribution in [3.8, 4) is 0 Å². The Kier molecular flexibility index (Phi) is 4.72. The summed E-state index contributed by atoms with van der Waals surface area (Å²) in [6.45, 7) is 1.10. The van der Waals surface area contributed by atoms with Crippen molar-refractivity contribution in [1.82, 2.24) is 20.2 Å². The highest BCUT2D eigenvalue weighted by Gasteiger charge is 2.48. The predicted molar refractivity (Wildman–Crippen MR) is 96.7 cm³/mol. The lowest BCUT2D eigenvalue weighted by Crippen LogP contribution is -2.38. The second kappa shape index (κ2) is 7.34. The number of likely N-dealkylation sites (tertiary alicyclic amines) is 1. The highest BCUT2D eigenvalue weighted by Crippen LogP contribution is 2.34. The van der Waals surface area contributed by atoms with E-state index in [0.717, 1.165) is 5.56 Å². The van der Waals surface area contributed by atoms with Gasteiger partial charge in [-0.05, 0) is 17.7 Å². The molecule has 2 aromatic rings. The molecule has 1 spiro atoms. The van der Waals surface area contributed by atoms with Crippen LogP contribution in [0.2, 0.25) is 0 Å². The molecule has 4 rings (SSSR count). The molecule has 0 saturated carbocycles. The average molecular weight is 383 g/mol. The fourth-order valence-corrected chi connectivity index (χ4v) is 3.34. The number of amides is 2. The summed E-state index contributed by atoms with van der Waals surface area (Å²) in [6.07, 6.45) is 5.31. The van der Waals surface area contributed by atoms with Gasteiger partial charge in [-0.1, -0.05) is 17.3 Å². The van der Waals surface area contributed by atoms with Crippen molar-refractivity contribution in [2.45, 2.75) is 25.0 Å². The molecule has 28 heavy (non-hydrogen) atoms. The van der Waals surface area contributed by atoms with Gasteiger partial charge in [-0.15, -0.1) is 0 Å². The van der Waals surface area contributed by atoms with Gasteiger partial charge in [-0.25, -0.2) is 9.37 Å². The largest absolute Gasteiger partial charge is 0.386 e. The third-order valence-electron chi connectivity index (χ3n) is 4.85. The zero-order valence-corrected chi connectivity index (χ0v) is 15.0. The quantitative estimate of drug-likeness (QED) is 0.858. The lowest BCUT2D eigenvalue weighted by atomic mass is 9.96. The second-order valence-corrected chi connectivity index (χ2v) is 6.87. The van der Waals surface area contributed by atoms with Crippen molar-refractivity contribution in [2.75, 3.05) is 13.1 Å². The van der Waals surface area contributed by atoms with Gasteiger partial charge in [0.2, 0.25) is 0 Å². The number of nitrogens with zero attached hydrogens (tertiary/aromatic N) is 4. The molecule has 8 nitrogen and oxygen atoms in total. The molecule has 1 saturated heterocycles. The van der Waals surface area contributed by atoms with Crippen LogP contribution in [0.4, 0.5) is 4.39 Å². The van der Waals surface area contributed by atoms with Gasteiger partial charge in [-0.3, -0.25) is 14.6 Å². The van der Waals surface area contributed by atoms with Gasteiger partial charge in [0, 0.05) is 38.3 Å². The fraction of sp³-hybridized carbons (Fsp3) is 0.316. The molecular formula is C19H18FN5O3. The Balaban J connectivity index is 1.32. The molecule has 1 aromatic carbocycles. The number of aromatic nitrogens is 2. The summed E-state index contributed by atoms with van der Waals surface area (Å²) in [7, 11) is 0. The van der Waals surface area contributed by atoms with Crippen LogP contribution in [0.15, 0.2) is 48.0 Å². The number of benzene rings is 1. The Bertz CT molecular complexity index is 919. The van der Waals surface area contributed by atoms with E-state index in [1.807, 2.05) is 0 Å². The fourth-order valence-electron chi connectivity index (χ4n) is 3.34. The first-order valence-electron chi connectivity index (χ1n) is 8.88. The smallest absolute Gasteiger partial charge is 0.274 e. The molecule has 2 aliphatic rings. The number of nitrogens with one attached hydrogen (secondary N) is 1. The molecule has 2 aliphatic heterocycles. The molecule has 2 amide bonds. The normalized spacial score (nSPS) is 20.8. The SMILES string of the molecule is O=C(NCc1ccc(F)cc1)C1=NO[C@@]2(CCN(C(=O)c3cnccn3)C2)C1. The minimum absolute atomic E-state index is 0.220. The van der Waals surface area contributed by atoms with E-state index in [0.29, 0.717) is 25.9 Å². The first kappa shape index (κ1) is 18.0. The molecule has 0 radical (unpaired) electrons. The summed E-state index contributed by atoms with van der Waals surface area (Å²) in [5.74, 6) is -0.880. The number of oxime groups is 1. The maximum absolute atomic E-state index is 12.9. The van der Waals surface area contributed by atoms with Crippen molar-refractivity contribution in [3.05, 3.63) is 59.9 Å². The van der Waals surface area contributed by atoms with E-state index in [2.05, 4.69) is 20.4 Å². The molecule has 1 aromatic heterocycles. The molecule has 0 aliphatic carbocycles. The third-order valence-corrected chi connectivity index (χ3v) is 4.85. The van der Waals surface area contributed by atoms with Gasteiger partial charge in [0.15, 0.2) is 5.60 Å². The van der Waals surface area contributed by atoms with Gasteiger partial charge in [0.05, 0.1) is 12.7 Å². The molecule has 1 fully saturated rings. The number of hydrogen-bond donors (Lipinski definition) is 1. The topological polar surface area (TPSA) is 96.8 Å². The molecule has 9 heteroatoms. The number of carbonyl (C=O) groups is 2. The van der Waals surface area contributed by atoms with Crippen molar-refractivity contribution >= 4 is 17.5 Å². The Morgan fingerprint density at radius 2 is 2.07 bits per heavy atom. The highest BCUT2D eigenvalue weighted by atomic mass is 19.1. The van der Waals surface area contributed by atoms with Crippen LogP contribution in [0, 0.1) is 5.82 Å². The van der Waals surface area contributed by atoms with Crippen molar-refractivity contribution < 1.29 is 18.8 Å². The zero-order valence-electron chi connectivity index (χ0n) is 15.0. The molecule has 1 atom stereocenters. The minimum atomic E-state index is -0.680. The van der Waals surface area contributed by atoms with E-state index in [1.54, 1.807) is 17.0 Å². The molecule has 0 bridgehead atoms.